The first kappa shape index (κ1) is 15.9. The first-order valence-corrected chi connectivity index (χ1v) is 6.87. The number of nitrogens with zero attached hydrogens (tertiary/aromatic N) is 1. The lowest BCUT2D eigenvalue weighted by atomic mass is 10.2. The lowest BCUT2D eigenvalue weighted by Crippen LogP contribution is -2.10. The Morgan fingerprint density at radius 1 is 1.14 bits per heavy atom. The van der Waals surface area contributed by atoms with E-state index in [0.717, 1.165) is 25.0 Å². The van der Waals surface area contributed by atoms with Crippen LogP contribution in [0.25, 0.3) is 0 Å². The molecule has 6 heteroatoms. The molecule has 0 N–H and O–H groups in total. The molecule has 0 spiro atoms. The van der Waals surface area contributed by atoms with E-state index in [4.69, 9.17) is 9.47 Å². The number of carbonyl (C=O) groups excluding carboxylic acids is 1. The van der Waals surface area contributed by atoms with Gasteiger partial charge >= 0.3 is 5.97 Å². The number of ether oxygens (including phenoxy) is 2. The van der Waals surface area contributed by atoms with E-state index in [9.17, 15) is 13.6 Å². The highest BCUT2D eigenvalue weighted by Crippen LogP contribution is 2.18. The number of hydrogen-bond acceptors (Lipinski definition) is 4. The van der Waals surface area contributed by atoms with Gasteiger partial charge in [0, 0.05) is 0 Å². The van der Waals surface area contributed by atoms with Crippen molar-refractivity contribution in [2.45, 2.75) is 19.8 Å². The van der Waals surface area contributed by atoms with Gasteiger partial charge in [-0.05, 0) is 42.8 Å². The molecule has 2 aromatic rings. The molecular formula is C16H15F2NO3. The van der Waals surface area contributed by atoms with Gasteiger partial charge in [-0.15, -0.1) is 0 Å². The van der Waals surface area contributed by atoms with Crippen LogP contribution in [-0.2, 0) is 0 Å². The Morgan fingerprint density at radius 3 is 2.50 bits per heavy atom. The van der Waals surface area contributed by atoms with Crippen LogP contribution in [0.1, 0.15) is 30.1 Å². The molecular weight excluding hydrogens is 292 g/mol. The molecule has 0 fully saturated rings. The first-order valence-electron chi connectivity index (χ1n) is 6.87. The van der Waals surface area contributed by atoms with Gasteiger partial charge in [0.1, 0.15) is 5.75 Å². The number of benzene rings is 1. The number of hydrogen-bond donors (Lipinski definition) is 0. The van der Waals surface area contributed by atoms with Crippen LogP contribution in [0.4, 0.5) is 8.78 Å². The van der Waals surface area contributed by atoms with Crippen LogP contribution in [0.3, 0.4) is 0 Å². The fourth-order valence-electron chi connectivity index (χ4n) is 1.66. The van der Waals surface area contributed by atoms with E-state index in [-0.39, 0.29) is 5.56 Å². The fraction of sp³-hybridized carbons (Fsp3) is 0.250. The van der Waals surface area contributed by atoms with E-state index in [1.165, 1.54) is 12.1 Å². The van der Waals surface area contributed by atoms with E-state index in [1.54, 1.807) is 12.1 Å². The summed E-state index contributed by atoms with van der Waals surface area (Å²) in [4.78, 5) is 14.8. The molecule has 0 amide bonds. The minimum absolute atomic E-state index is 0.228. The van der Waals surface area contributed by atoms with E-state index in [2.05, 4.69) is 11.9 Å². The maximum atomic E-state index is 13.3. The molecule has 4 nitrogen and oxygen atoms in total. The average molecular weight is 307 g/mol. The smallest absolute Gasteiger partial charge is 0.343 e. The van der Waals surface area contributed by atoms with Gasteiger partial charge in [-0.3, -0.25) is 0 Å². The van der Waals surface area contributed by atoms with Crippen LogP contribution in [0.15, 0.2) is 36.4 Å². The molecule has 0 bridgehead atoms. The van der Waals surface area contributed by atoms with Crippen molar-refractivity contribution in [1.82, 2.24) is 4.98 Å². The van der Waals surface area contributed by atoms with E-state index < -0.39 is 23.6 Å². The Balaban J connectivity index is 2.00. The van der Waals surface area contributed by atoms with Crippen LogP contribution in [0.2, 0.25) is 0 Å². The van der Waals surface area contributed by atoms with Gasteiger partial charge in [0.05, 0.1) is 12.2 Å². The molecule has 1 heterocycles. The third kappa shape index (κ3) is 4.25. The van der Waals surface area contributed by atoms with Gasteiger partial charge in [-0.25, -0.2) is 4.79 Å². The van der Waals surface area contributed by atoms with Crippen LogP contribution < -0.4 is 9.47 Å². The van der Waals surface area contributed by atoms with Crippen molar-refractivity contribution in [3.8, 4) is 11.5 Å². The number of halogens is 2. The van der Waals surface area contributed by atoms with Crippen molar-refractivity contribution in [3.05, 3.63) is 53.9 Å². The zero-order chi connectivity index (χ0) is 15.9. The monoisotopic (exact) mass is 307 g/mol. The van der Waals surface area contributed by atoms with Gasteiger partial charge < -0.3 is 9.47 Å². The summed E-state index contributed by atoms with van der Waals surface area (Å²) >= 11 is 0. The van der Waals surface area contributed by atoms with Gasteiger partial charge in [-0.2, -0.15) is 13.8 Å². The minimum atomic E-state index is -1.17. The van der Waals surface area contributed by atoms with E-state index in [1.807, 2.05) is 0 Å². The topological polar surface area (TPSA) is 48.4 Å². The third-order valence-corrected chi connectivity index (χ3v) is 2.84. The highest BCUT2D eigenvalue weighted by atomic mass is 19.1. The maximum Gasteiger partial charge on any atom is 0.343 e. The predicted octanol–water partition coefficient (Wildman–Crippen LogP) is 3.76. The molecule has 116 valence electrons. The summed E-state index contributed by atoms with van der Waals surface area (Å²) in [5, 5.41) is 0. The highest BCUT2D eigenvalue weighted by molar-refractivity contribution is 5.91. The summed E-state index contributed by atoms with van der Waals surface area (Å²) in [5.41, 5.74) is 0.228. The van der Waals surface area contributed by atoms with Crippen LogP contribution in [-0.4, -0.2) is 17.6 Å². The number of rotatable bonds is 6. The normalized spacial score (nSPS) is 10.3. The maximum absolute atomic E-state index is 13.3. The first-order chi connectivity index (χ1) is 10.6. The van der Waals surface area contributed by atoms with Crippen LogP contribution in [0, 0.1) is 11.9 Å². The summed E-state index contributed by atoms with van der Waals surface area (Å²) in [6, 6.07) is 8.21. The predicted molar refractivity (Wildman–Crippen MR) is 76.0 cm³/mol. The highest BCUT2D eigenvalue weighted by Gasteiger charge is 2.13. The molecule has 1 aromatic heterocycles. The zero-order valence-corrected chi connectivity index (χ0v) is 12.0. The Morgan fingerprint density at radius 2 is 1.86 bits per heavy atom. The Labute approximate surface area is 126 Å². The third-order valence-electron chi connectivity index (χ3n) is 2.84. The number of carbonyl (C=O) groups is 1. The summed E-state index contributed by atoms with van der Waals surface area (Å²) in [5.74, 6) is -2.69. The second kappa shape index (κ2) is 7.49. The van der Waals surface area contributed by atoms with Crippen molar-refractivity contribution in [2.24, 2.45) is 0 Å². The van der Waals surface area contributed by atoms with Gasteiger partial charge in [0.25, 0.3) is 5.95 Å². The standard InChI is InChI=1S/C16H15F2NO3/c1-2-3-10-21-12-6-4-11(5-7-12)16(20)22-13-8-9-14(17)19-15(13)18/h4-9H,2-3,10H2,1H3. The molecule has 2 rings (SSSR count). The quantitative estimate of drug-likeness (QED) is 0.463. The SMILES string of the molecule is CCCCOc1ccc(C(=O)Oc2ccc(F)nc2F)cc1. The summed E-state index contributed by atoms with van der Waals surface area (Å²) < 4.78 is 36.3. The molecule has 0 saturated carbocycles. The average Bonchev–Trinajstić information content (AvgIpc) is 2.51. The molecule has 0 atom stereocenters. The lowest BCUT2D eigenvalue weighted by Gasteiger charge is -2.07. The fourth-order valence-corrected chi connectivity index (χ4v) is 1.66. The van der Waals surface area contributed by atoms with Gasteiger partial charge in [-0.1, -0.05) is 13.3 Å². The number of aromatic nitrogens is 1. The Kier molecular flexibility index (Phi) is 5.41. The van der Waals surface area contributed by atoms with Gasteiger partial charge in [0.15, 0.2) is 5.75 Å². The van der Waals surface area contributed by atoms with Crippen molar-refractivity contribution in [1.29, 1.82) is 0 Å². The summed E-state index contributed by atoms with van der Waals surface area (Å²) in [6.07, 6.45) is 1.97. The second-order valence-electron chi connectivity index (χ2n) is 4.54. The summed E-state index contributed by atoms with van der Waals surface area (Å²) in [6.45, 7) is 2.67. The van der Waals surface area contributed by atoms with Crippen molar-refractivity contribution >= 4 is 5.97 Å². The molecule has 0 saturated heterocycles. The number of pyridine rings is 1. The van der Waals surface area contributed by atoms with Crippen molar-refractivity contribution < 1.29 is 23.0 Å². The largest absolute Gasteiger partial charge is 0.494 e. The van der Waals surface area contributed by atoms with Crippen molar-refractivity contribution in [2.75, 3.05) is 6.61 Å². The molecule has 0 aliphatic heterocycles. The zero-order valence-electron chi connectivity index (χ0n) is 12.0. The number of unbranched alkanes of at least 4 members (excludes halogenated alkanes) is 1. The van der Waals surface area contributed by atoms with E-state index in [0.29, 0.717) is 12.4 Å². The Bertz CT molecular complexity index is 644. The molecule has 0 aliphatic rings. The molecule has 0 unspecified atom stereocenters. The molecule has 1 aromatic carbocycles. The Hall–Kier alpha value is -2.50. The van der Waals surface area contributed by atoms with Crippen LogP contribution >= 0.6 is 0 Å². The summed E-state index contributed by atoms with van der Waals surface area (Å²) in [7, 11) is 0. The number of esters is 1. The molecule has 22 heavy (non-hydrogen) atoms. The van der Waals surface area contributed by atoms with Crippen molar-refractivity contribution in [3.63, 3.8) is 0 Å². The second-order valence-corrected chi connectivity index (χ2v) is 4.54. The van der Waals surface area contributed by atoms with Gasteiger partial charge in [0.2, 0.25) is 5.95 Å². The van der Waals surface area contributed by atoms with Crippen LogP contribution in [0.5, 0.6) is 11.5 Å². The minimum Gasteiger partial charge on any atom is -0.494 e. The molecule has 0 aliphatic carbocycles. The lowest BCUT2D eigenvalue weighted by molar-refractivity contribution is 0.0725. The molecule has 0 radical (unpaired) electrons. The van der Waals surface area contributed by atoms with E-state index >= 15 is 0 Å².